The number of methoxy groups -OCH3 is 1. The predicted octanol–water partition coefficient (Wildman–Crippen LogP) is 2.76. The van der Waals surface area contributed by atoms with E-state index < -0.39 is 0 Å². The summed E-state index contributed by atoms with van der Waals surface area (Å²) >= 11 is 0. The van der Waals surface area contributed by atoms with Crippen molar-refractivity contribution >= 4 is 22.5 Å². The minimum Gasteiger partial charge on any atom is -0.497 e. The largest absolute Gasteiger partial charge is 0.497 e. The fourth-order valence-corrected chi connectivity index (χ4v) is 4.48. The maximum atomic E-state index is 12.6. The highest BCUT2D eigenvalue weighted by molar-refractivity contribution is 5.83. The number of hydrogen-bond donors (Lipinski definition) is 0. The summed E-state index contributed by atoms with van der Waals surface area (Å²) in [5, 5.41) is 1.11. The molecule has 0 N–H and O–H groups in total. The van der Waals surface area contributed by atoms with Crippen molar-refractivity contribution in [3.63, 3.8) is 0 Å². The van der Waals surface area contributed by atoms with Crippen LogP contribution in [-0.4, -0.2) is 73.1 Å². The van der Waals surface area contributed by atoms with Crippen LogP contribution in [0.1, 0.15) is 26.2 Å². The number of likely N-dealkylation sites (N-methyl/N-ethyl adjacent to an activating group) is 1. The van der Waals surface area contributed by atoms with Crippen LogP contribution < -0.4 is 9.64 Å². The Morgan fingerprint density at radius 2 is 2.14 bits per heavy atom. The first-order valence-electron chi connectivity index (χ1n) is 10.2. The summed E-state index contributed by atoms with van der Waals surface area (Å²) in [5.74, 6) is 1.11. The van der Waals surface area contributed by atoms with Crippen LogP contribution >= 0.6 is 0 Å². The second-order valence-corrected chi connectivity index (χ2v) is 8.12. The number of anilines is 1. The molecule has 0 radical (unpaired) electrons. The zero-order chi connectivity index (χ0) is 19.7. The molecule has 2 aliphatic heterocycles. The van der Waals surface area contributed by atoms with E-state index >= 15 is 0 Å². The number of ether oxygens (including phenoxy) is 1. The van der Waals surface area contributed by atoms with Crippen molar-refractivity contribution in [3.05, 3.63) is 30.5 Å². The maximum absolute atomic E-state index is 12.6. The Balaban J connectivity index is 1.39. The smallest absolute Gasteiger partial charge is 0.236 e. The minimum atomic E-state index is 0.287. The highest BCUT2D eigenvalue weighted by Crippen LogP contribution is 2.26. The maximum Gasteiger partial charge on any atom is 0.236 e. The van der Waals surface area contributed by atoms with Gasteiger partial charge in [0, 0.05) is 50.2 Å². The molecule has 1 aromatic heterocycles. The van der Waals surface area contributed by atoms with Gasteiger partial charge in [-0.15, -0.1) is 0 Å². The fourth-order valence-electron chi connectivity index (χ4n) is 4.48. The van der Waals surface area contributed by atoms with Crippen LogP contribution in [0.3, 0.4) is 0 Å². The molecule has 2 aliphatic rings. The number of hydrogen-bond acceptors (Lipinski definition) is 5. The standard InChI is InChI=1S/C22H30N4O2/c1-16-5-4-9-26(16)22(27)15-25-10-8-18(14-25)24(2)19-11-17-6-7-20(28-3)12-21(17)23-13-19/h6-7,11-13,16,18H,4-5,8-10,14-15H2,1-3H3/t16-,18+/m1/s1. The number of carbonyl (C=O) groups excluding carboxylic acids is 1. The Bertz CT molecular complexity index is 856. The van der Waals surface area contributed by atoms with Gasteiger partial charge in [-0.3, -0.25) is 14.7 Å². The number of amides is 1. The predicted molar refractivity (Wildman–Crippen MR) is 112 cm³/mol. The molecule has 2 saturated heterocycles. The molecule has 0 unspecified atom stereocenters. The molecule has 4 rings (SSSR count). The summed E-state index contributed by atoms with van der Waals surface area (Å²) in [5.41, 5.74) is 2.05. The van der Waals surface area contributed by atoms with Crippen molar-refractivity contribution in [2.24, 2.45) is 0 Å². The number of aromatic nitrogens is 1. The summed E-state index contributed by atoms with van der Waals surface area (Å²) in [6.07, 6.45) is 5.28. The van der Waals surface area contributed by atoms with Gasteiger partial charge in [-0.25, -0.2) is 0 Å². The van der Waals surface area contributed by atoms with Gasteiger partial charge in [0.05, 0.1) is 31.1 Å². The average Bonchev–Trinajstić information content (AvgIpc) is 3.35. The van der Waals surface area contributed by atoms with E-state index in [4.69, 9.17) is 4.74 Å². The van der Waals surface area contributed by atoms with Crippen molar-refractivity contribution in [1.29, 1.82) is 0 Å². The molecule has 6 nitrogen and oxygen atoms in total. The van der Waals surface area contributed by atoms with Crippen LogP contribution in [0.2, 0.25) is 0 Å². The zero-order valence-electron chi connectivity index (χ0n) is 17.1. The normalized spacial score (nSPS) is 22.8. The third-order valence-corrected chi connectivity index (χ3v) is 6.31. The lowest BCUT2D eigenvalue weighted by Crippen LogP contribution is -2.42. The van der Waals surface area contributed by atoms with E-state index in [1.165, 1.54) is 0 Å². The van der Waals surface area contributed by atoms with E-state index in [9.17, 15) is 4.79 Å². The third-order valence-electron chi connectivity index (χ3n) is 6.31. The first kappa shape index (κ1) is 19.0. The van der Waals surface area contributed by atoms with Crippen LogP contribution in [0.4, 0.5) is 5.69 Å². The first-order valence-corrected chi connectivity index (χ1v) is 10.2. The number of fused-ring (bicyclic) bond motifs is 1. The Kier molecular flexibility index (Phi) is 5.40. The number of nitrogens with zero attached hydrogens (tertiary/aromatic N) is 4. The number of carbonyl (C=O) groups is 1. The third kappa shape index (κ3) is 3.78. The summed E-state index contributed by atoms with van der Waals surface area (Å²) in [6, 6.07) is 8.96. The number of benzene rings is 1. The van der Waals surface area contributed by atoms with E-state index in [0.29, 0.717) is 18.6 Å². The van der Waals surface area contributed by atoms with Crippen molar-refractivity contribution in [2.75, 3.05) is 45.2 Å². The lowest BCUT2D eigenvalue weighted by molar-refractivity contribution is -0.132. The molecule has 1 aromatic carbocycles. The molecule has 6 heteroatoms. The van der Waals surface area contributed by atoms with Crippen LogP contribution in [-0.2, 0) is 4.79 Å². The topological polar surface area (TPSA) is 48.9 Å². The summed E-state index contributed by atoms with van der Waals surface area (Å²) in [6.45, 7) is 5.52. The van der Waals surface area contributed by atoms with Gasteiger partial charge < -0.3 is 14.5 Å². The number of likely N-dealkylation sites (tertiary alicyclic amines) is 2. The monoisotopic (exact) mass is 382 g/mol. The average molecular weight is 383 g/mol. The lowest BCUT2D eigenvalue weighted by atomic mass is 10.1. The van der Waals surface area contributed by atoms with E-state index in [1.807, 2.05) is 18.3 Å². The SMILES string of the molecule is COc1ccc2cc(N(C)[C@H]3CCN(CC(=O)N4CCC[C@H]4C)C3)cnc2c1. The van der Waals surface area contributed by atoms with Crippen molar-refractivity contribution in [2.45, 2.75) is 38.3 Å². The van der Waals surface area contributed by atoms with Gasteiger partial charge in [-0.05, 0) is 44.4 Å². The Hall–Kier alpha value is -2.34. The molecule has 2 fully saturated rings. The van der Waals surface area contributed by atoms with Crippen LogP contribution in [0.15, 0.2) is 30.5 Å². The number of pyridine rings is 1. The molecule has 0 saturated carbocycles. The zero-order valence-corrected chi connectivity index (χ0v) is 17.1. The Labute approximate surface area is 167 Å². The highest BCUT2D eigenvalue weighted by Gasteiger charge is 2.31. The lowest BCUT2D eigenvalue weighted by Gasteiger charge is -2.28. The van der Waals surface area contributed by atoms with Crippen molar-refractivity contribution in [3.8, 4) is 5.75 Å². The molecule has 2 aromatic rings. The molecule has 2 atom stereocenters. The Morgan fingerprint density at radius 1 is 1.29 bits per heavy atom. The van der Waals surface area contributed by atoms with Gasteiger partial charge in [0.2, 0.25) is 5.91 Å². The molecule has 28 heavy (non-hydrogen) atoms. The molecule has 1 amide bonds. The van der Waals surface area contributed by atoms with E-state index in [1.54, 1.807) is 7.11 Å². The van der Waals surface area contributed by atoms with Crippen LogP contribution in [0.5, 0.6) is 5.75 Å². The summed E-state index contributed by atoms with van der Waals surface area (Å²) < 4.78 is 5.28. The molecule has 0 bridgehead atoms. The summed E-state index contributed by atoms with van der Waals surface area (Å²) in [7, 11) is 3.80. The van der Waals surface area contributed by atoms with E-state index in [2.05, 4.69) is 45.8 Å². The fraction of sp³-hybridized carbons (Fsp3) is 0.545. The molecule has 0 aliphatic carbocycles. The molecular weight excluding hydrogens is 352 g/mol. The highest BCUT2D eigenvalue weighted by atomic mass is 16.5. The van der Waals surface area contributed by atoms with Gasteiger partial charge in [0.1, 0.15) is 5.75 Å². The molecular formula is C22H30N4O2. The second kappa shape index (κ2) is 7.95. The van der Waals surface area contributed by atoms with Crippen molar-refractivity contribution < 1.29 is 9.53 Å². The van der Waals surface area contributed by atoms with Gasteiger partial charge in [0.25, 0.3) is 0 Å². The van der Waals surface area contributed by atoms with Crippen LogP contribution in [0.25, 0.3) is 10.9 Å². The molecule has 0 spiro atoms. The second-order valence-electron chi connectivity index (χ2n) is 8.12. The Morgan fingerprint density at radius 3 is 2.89 bits per heavy atom. The summed E-state index contributed by atoms with van der Waals surface area (Å²) in [4.78, 5) is 23.9. The van der Waals surface area contributed by atoms with E-state index in [0.717, 1.165) is 61.2 Å². The van der Waals surface area contributed by atoms with Crippen molar-refractivity contribution in [1.82, 2.24) is 14.8 Å². The molecule has 3 heterocycles. The van der Waals surface area contributed by atoms with Gasteiger partial charge in [0.15, 0.2) is 0 Å². The van der Waals surface area contributed by atoms with Gasteiger partial charge >= 0.3 is 0 Å². The minimum absolute atomic E-state index is 0.287. The first-order chi connectivity index (χ1) is 13.5. The van der Waals surface area contributed by atoms with E-state index in [-0.39, 0.29) is 5.91 Å². The van der Waals surface area contributed by atoms with Crippen LogP contribution in [0, 0.1) is 0 Å². The number of rotatable bonds is 5. The molecule has 150 valence electrons. The van der Waals surface area contributed by atoms with Gasteiger partial charge in [-0.2, -0.15) is 0 Å². The van der Waals surface area contributed by atoms with Gasteiger partial charge in [-0.1, -0.05) is 0 Å². The quantitative estimate of drug-likeness (QED) is 0.796.